The molecule has 0 bridgehead atoms. The predicted molar refractivity (Wildman–Crippen MR) is 127 cm³/mol. The van der Waals surface area contributed by atoms with E-state index >= 15 is 4.39 Å². The zero-order chi connectivity index (χ0) is 26.0. The van der Waals surface area contributed by atoms with Gasteiger partial charge < -0.3 is 4.74 Å². The Balaban J connectivity index is 1.51. The van der Waals surface area contributed by atoms with Gasteiger partial charge in [-0.15, -0.1) is 0 Å². The molecule has 1 nitrogen and oxygen atoms in total. The lowest BCUT2D eigenvalue weighted by Gasteiger charge is -2.29. The highest BCUT2D eigenvalue weighted by atomic mass is 35.5. The molecule has 0 aromatic heterocycles. The van der Waals surface area contributed by atoms with Crippen molar-refractivity contribution in [2.24, 2.45) is 5.92 Å². The highest BCUT2D eigenvalue weighted by Crippen LogP contribution is 2.42. The van der Waals surface area contributed by atoms with E-state index in [4.69, 9.17) is 11.6 Å². The number of alkyl halides is 2. The molecule has 3 aromatic carbocycles. The minimum atomic E-state index is -3.98. The zero-order valence-electron chi connectivity index (χ0n) is 19.6. The maximum Gasteiger partial charge on any atom is 0.426 e. The summed E-state index contributed by atoms with van der Waals surface area (Å²) in [5.74, 6) is -5.69. The molecule has 0 amide bonds. The summed E-state index contributed by atoms with van der Waals surface area (Å²) in [6, 6.07) is 8.65. The van der Waals surface area contributed by atoms with Gasteiger partial charge >= 0.3 is 6.11 Å². The molecule has 0 N–H and O–H groups in total. The quantitative estimate of drug-likeness (QED) is 0.220. The van der Waals surface area contributed by atoms with Crippen LogP contribution in [0.15, 0.2) is 48.5 Å². The van der Waals surface area contributed by atoms with Crippen molar-refractivity contribution in [3.05, 3.63) is 87.9 Å². The standard InChI is InChI=1S/C28H25ClF6O/c1-2-3-16-4-6-17(7-5-16)21-12-13-22(26(32)25(21)29)18-8-10-19(11-9-18)28(34,35)36-20-14-23(30)27(33)24(31)15-20/h8-17H,2-7H2,1H3. The number of hydrogen-bond donors (Lipinski definition) is 0. The monoisotopic (exact) mass is 526 g/mol. The average Bonchev–Trinajstić information content (AvgIpc) is 2.85. The van der Waals surface area contributed by atoms with Gasteiger partial charge in [-0.3, -0.25) is 0 Å². The van der Waals surface area contributed by atoms with Crippen LogP contribution in [-0.4, -0.2) is 0 Å². The minimum Gasteiger partial charge on any atom is -0.429 e. The number of benzene rings is 3. The van der Waals surface area contributed by atoms with Crippen LogP contribution in [0.25, 0.3) is 11.1 Å². The second kappa shape index (κ2) is 10.8. The summed E-state index contributed by atoms with van der Waals surface area (Å²) >= 11 is 6.41. The summed E-state index contributed by atoms with van der Waals surface area (Å²) < 4.78 is 88.5. The first-order chi connectivity index (χ1) is 17.1. The summed E-state index contributed by atoms with van der Waals surface area (Å²) in [6.45, 7) is 2.17. The van der Waals surface area contributed by atoms with E-state index < -0.39 is 40.7 Å². The lowest BCUT2D eigenvalue weighted by Crippen LogP contribution is -2.22. The maximum absolute atomic E-state index is 15.2. The van der Waals surface area contributed by atoms with Gasteiger partial charge in [-0.25, -0.2) is 17.6 Å². The summed E-state index contributed by atoms with van der Waals surface area (Å²) in [4.78, 5) is 0. The smallest absolute Gasteiger partial charge is 0.426 e. The molecule has 4 rings (SSSR count). The van der Waals surface area contributed by atoms with E-state index in [0.717, 1.165) is 49.8 Å². The van der Waals surface area contributed by atoms with Gasteiger partial charge in [-0.05, 0) is 60.8 Å². The third-order valence-electron chi connectivity index (χ3n) is 6.83. The zero-order valence-corrected chi connectivity index (χ0v) is 20.3. The number of hydrogen-bond acceptors (Lipinski definition) is 1. The Morgan fingerprint density at radius 3 is 2.06 bits per heavy atom. The third-order valence-corrected chi connectivity index (χ3v) is 7.22. The highest BCUT2D eigenvalue weighted by molar-refractivity contribution is 6.32. The van der Waals surface area contributed by atoms with Crippen molar-refractivity contribution >= 4 is 11.6 Å². The summed E-state index contributed by atoms with van der Waals surface area (Å²) in [5, 5.41) is 0.0459. The van der Waals surface area contributed by atoms with Crippen molar-refractivity contribution in [1.82, 2.24) is 0 Å². The van der Waals surface area contributed by atoms with E-state index in [0.29, 0.717) is 23.6 Å². The van der Waals surface area contributed by atoms with Crippen molar-refractivity contribution in [2.75, 3.05) is 0 Å². The van der Waals surface area contributed by atoms with Gasteiger partial charge in [0.15, 0.2) is 17.5 Å². The lowest BCUT2D eigenvalue weighted by atomic mass is 9.77. The first-order valence-corrected chi connectivity index (χ1v) is 12.3. The molecule has 3 aromatic rings. The molecule has 0 spiro atoms. The van der Waals surface area contributed by atoms with E-state index in [1.165, 1.54) is 18.6 Å². The van der Waals surface area contributed by atoms with Crippen molar-refractivity contribution in [3.63, 3.8) is 0 Å². The van der Waals surface area contributed by atoms with Gasteiger partial charge in [-0.2, -0.15) is 8.78 Å². The molecule has 8 heteroatoms. The second-order valence-corrected chi connectivity index (χ2v) is 9.61. The molecule has 36 heavy (non-hydrogen) atoms. The average molecular weight is 527 g/mol. The topological polar surface area (TPSA) is 9.23 Å². The fraction of sp³-hybridized carbons (Fsp3) is 0.357. The van der Waals surface area contributed by atoms with Crippen LogP contribution in [0.4, 0.5) is 26.3 Å². The van der Waals surface area contributed by atoms with Gasteiger partial charge in [0.25, 0.3) is 0 Å². The molecule has 1 aliphatic rings. The SMILES string of the molecule is CCCC1CCC(c2ccc(-c3ccc(C(F)(F)Oc4cc(F)c(F)c(F)c4)cc3)c(F)c2Cl)CC1. The molecule has 0 aliphatic heterocycles. The molecule has 0 heterocycles. The van der Waals surface area contributed by atoms with Gasteiger partial charge in [0.2, 0.25) is 0 Å². The Labute approximate surface area is 211 Å². The summed E-state index contributed by atoms with van der Waals surface area (Å²) in [7, 11) is 0. The van der Waals surface area contributed by atoms with E-state index in [1.807, 2.05) is 0 Å². The van der Waals surface area contributed by atoms with Gasteiger partial charge in [0.1, 0.15) is 11.6 Å². The molecule has 0 atom stereocenters. The Morgan fingerprint density at radius 2 is 1.47 bits per heavy atom. The molecule has 1 saturated carbocycles. The number of halogens is 7. The minimum absolute atomic E-state index is 0.0459. The van der Waals surface area contributed by atoms with E-state index in [-0.39, 0.29) is 16.5 Å². The van der Waals surface area contributed by atoms with Crippen molar-refractivity contribution in [2.45, 2.75) is 57.5 Å². The lowest BCUT2D eigenvalue weighted by molar-refractivity contribution is -0.185. The van der Waals surface area contributed by atoms with Crippen molar-refractivity contribution in [3.8, 4) is 16.9 Å². The maximum atomic E-state index is 15.2. The van der Waals surface area contributed by atoms with Gasteiger partial charge in [-0.1, -0.05) is 55.6 Å². The van der Waals surface area contributed by atoms with Gasteiger partial charge in [0, 0.05) is 17.7 Å². The summed E-state index contributed by atoms with van der Waals surface area (Å²) in [6.07, 6.45) is 2.46. The molecule has 1 aliphatic carbocycles. The largest absolute Gasteiger partial charge is 0.429 e. The highest BCUT2D eigenvalue weighted by Gasteiger charge is 2.35. The van der Waals surface area contributed by atoms with Crippen molar-refractivity contribution in [1.29, 1.82) is 0 Å². The summed E-state index contributed by atoms with van der Waals surface area (Å²) in [5.41, 5.74) is 0.624. The van der Waals surface area contributed by atoms with Crippen LogP contribution in [0.1, 0.15) is 62.5 Å². The molecule has 0 radical (unpaired) electrons. The fourth-order valence-electron chi connectivity index (χ4n) is 4.91. The first kappa shape index (κ1) is 26.4. The molecular formula is C28H25ClF6O. The van der Waals surface area contributed by atoms with Crippen LogP contribution in [0.2, 0.25) is 5.02 Å². The molecule has 0 saturated heterocycles. The Morgan fingerprint density at radius 1 is 0.861 bits per heavy atom. The third kappa shape index (κ3) is 5.51. The fourth-order valence-corrected chi connectivity index (χ4v) is 5.23. The molecular weight excluding hydrogens is 502 g/mol. The Bertz CT molecular complexity index is 1200. The molecule has 1 fully saturated rings. The number of ether oxygens (including phenoxy) is 1. The van der Waals surface area contributed by atoms with E-state index in [2.05, 4.69) is 11.7 Å². The molecule has 0 unspecified atom stereocenters. The Hall–Kier alpha value is -2.67. The van der Waals surface area contributed by atoms with Crippen LogP contribution in [-0.2, 0) is 6.11 Å². The second-order valence-electron chi connectivity index (χ2n) is 9.23. The van der Waals surface area contributed by atoms with Crippen LogP contribution in [0.3, 0.4) is 0 Å². The first-order valence-electron chi connectivity index (χ1n) is 11.9. The van der Waals surface area contributed by atoms with Gasteiger partial charge in [0.05, 0.1) is 10.6 Å². The van der Waals surface area contributed by atoms with Crippen LogP contribution in [0, 0.1) is 29.2 Å². The number of rotatable bonds is 7. The van der Waals surface area contributed by atoms with E-state index in [9.17, 15) is 22.0 Å². The Kier molecular flexibility index (Phi) is 7.88. The van der Waals surface area contributed by atoms with Crippen molar-refractivity contribution < 1.29 is 31.1 Å². The predicted octanol–water partition coefficient (Wildman–Crippen LogP) is 9.77. The van der Waals surface area contributed by atoms with Crippen LogP contribution >= 0.6 is 11.6 Å². The normalized spacial score (nSPS) is 18.3. The van der Waals surface area contributed by atoms with Crippen LogP contribution in [0.5, 0.6) is 5.75 Å². The molecule has 192 valence electrons. The van der Waals surface area contributed by atoms with E-state index in [1.54, 1.807) is 12.1 Å². The van der Waals surface area contributed by atoms with Crippen LogP contribution < -0.4 is 4.74 Å².